The molecule has 0 radical (unpaired) electrons. The summed E-state index contributed by atoms with van der Waals surface area (Å²) >= 11 is 0. The number of hydrogen-bond donors (Lipinski definition) is 2. The van der Waals surface area contributed by atoms with Gasteiger partial charge in [0.05, 0.1) is 10.9 Å². The molecule has 9 heteroatoms. The quantitative estimate of drug-likeness (QED) is 0.735. The Morgan fingerprint density at radius 2 is 1.87 bits per heavy atom. The molecule has 0 saturated carbocycles. The highest BCUT2D eigenvalue weighted by Gasteiger charge is 2.26. The number of aryl methyl sites for hydroxylation is 1. The third-order valence-corrected chi connectivity index (χ3v) is 7.33. The van der Waals surface area contributed by atoms with Crippen molar-refractivity contribution in [2.45, 2.75) is 31.2 Å². The Morgan fingerprint density at radius 1 is 1.10 bits per heavy atom. The lowest BCUT2D eigenvalue weighted by Crippen LogP contribution is -2.34. The summed E-state index contributed by atoms with van der Waals surface area (Å²) in [6.45, 7) is 5.91. The normalized spacial score (nSPS) is 17.0. The second-order valence-corrected chi connectivity index (χ2v) is 9.86. The van der Waals surface area contributed by atoms with Crippen LogP contribution in [0.3, 0.4) is 0 Å². The van der Waals surface area contributed by atoms with E-state index < -0.39 is 16.1 Å². The molecule has 1 heterocycles. The number of amides is 2. The van der Waals surface area contributed by atoms with Crippen LogP contribution >= 0.6 is 0 Å². The number of benzene rings is 2. The van der Waals surface area contributed by atoms with Crippen LogP contribution < -0.4 is 10.6 Å². The molecule has 1 unspecified atom stereocenters. The van der Waals surface area contributed by atoms with Gasteiger partial charge in [-0.15, -0.1) is 0 Å². The smallest absolute Gasteiger partial charge is 0.319 e. The van der Waals surface area contributed by atoms with Crippen LogP contribution in [0.15, 0.2) is 47.4 Å². The Labute approximate surface area is 183 Å². The molecule has 1 aliphatic rings. The fraction of sp³-hybridized carbons (Fsp3) is 0.409. The highest BCUT2D eigenvalue weighted by molar-refractivity contribution is 7.89. The standard InChI is InChI=1S/C22H29FN4O3S/c1-16-14-18(8-9-21(16)23)17(2)24-22(28)25-19-6-4-7-20(15-19)31(29,30)27-11-5-10-26(3)12-13-27/h4,6-9,14-15,17H,5,10-13H2,1-3H3,(H2,24,25,28). The van der Waals surface area contributed by atoms with E-state index in [1.807, 2.05) is 7.05 Å². The van der Waals surface area contributed by atoms with Crippen molar-refractivity contribution < 1.29 is 17.6 Å². The number of nitrogens with zero attached hydrogens (tertiary/aromatic N) is 2. The molecule has 2 aromatic rings. The number of urea groups is 1. The predicted octanol–water partition coefficient (Wildman–Crippen LogP) is 3.34. The average molecular weight is 449 g/mol. The average Bonchev–Trinajstić information content (AvgIpc) is 2.95. The SMILES string of the molecule is Cc1cc(C(C)NC(=O)Nc2cccc(S(=O)(=O)N3CCCN(C)CC3)c2)ccc1F. The maximum atomic E-state index is 13.5. The van der Waals surface area contributed by atoms with Crippen LogP contribution in [0, 0.1) is 12.7 Å². The number of carbonyl (C=O) groups is 1. The van der Waals surface area contributed by atoms with Crippen LogP contribution in [0.25, 0.3) is 0 Å². The predicted molar refractivity (Wildman–Crippen MR) is 119 cm³/mol. The minimum absolute atomic E-state index is 0.150. The molecule has 2 amide bonds. The summed E-state index contributed by atoms with van der Waals surface area (Å²) in [4.78, 5) is 14.7. The molecule has 1 atom stereocenters. The van der Waals surface area contributed by atoms with Crippen LogP contribution in [0.1, 0.15) is 30.5 Å². The van der Waals surface area contributed by atoms with Crippen molar-refractivity contribution in [2.24, 2.45) is 0 Å². The summed E-state index contributed by atoms with van der Waals surface area (Å²) < 4.78 is 41.1. The number of sulfonamides is 1. The lowest BCUT2D eigenvalue weighted by molar-refractivity contribution is 0.249. The van der Waals surface area contributed by atoms with Crippen molar-refractivity contribution in [3.63, 3.8) is 0 Å². The Hall–Kier alpha value is -2.49. The third kappa shape index (κ3) is 5.81. The van der Waals surface area contributed by atoms with E-state index in [-0.39, 0.29) is 16.8 Å². The van der Waals surface area contributed by atoms with Gasteiger partial charge in [-0.25, -0.2) is 17.6 Å². The van der Waals surface area contributed by atoms with Crippen molar-refractivity contribution in [2.75, 3.05) is 38.5 Å². The number of likely N-dealkylation sites (N-methyl/N-ethyl adjacent to an activating group) is 1. The Kier molecular flexibility index (Phi) is 7.30. The second kappa shape index (κ2) is 9.76. The zero-order valence-electron chi connectivity index (χ0n) is 18.1. The first kappa shape index (κ1) is 23.2. The van der Waals surface area contributed by atoms with Crippen LogP contribution in [0.5, 0.6) is 0 Å². The van der Waals surface area contributed by atoms with Gasteiger partial charge in [0, 0.05) is 25.3 Å². The summed E-state index contributed by atoms with van der Waals surface area (Å²) in [6.07, 6.45) is 0.775. The molecule has 0 bridgehead atoms. The molecule has 0 aliphatic carbocycles. The van der Waals surface area contributed by atoms with Crippen LogP contribution in [-0.4, -0.2) is 56.9 Å². The molecule has 31 heavy (non-hydrogen) atoms. The molecule has 3 rings (SSSR count). The van der Waals surface area contributed by atoms with Gasteiger partial charge in [-0.05, 0) is 69.3 Å². The van der Waals surface area contributed by atoms with Gasteiger partial charge < -0.3 is 15.5 Å². The molecule has 168 valence electrons. The molecule has 0 aromatic heterocycles. The molecule has 7 nitrogen and oxygen atoms in total. The fourth-order valence-corrected chi connectivity index (χ4v) is 5.05. The summed E-state index contributed by atoms with van der Waals surface area (Å²) in [7, 11) is -1.66. The molecule has 2 aromatic carbocycles. The number of halogens is 1. The van der Waals surface area contributed by atoms with E-state index in [2.05, 4.69) is 15.5 Å². The number of rotatable bonds is 5. The van der Waals surface area contributed by atoms with E-state index in [9.17, 15) is 17.6 Å². The lowest BCUT2D eigenvalue weighted by Gasteiger charge is -2.21. The van der Waals surface area contributed by atoms with Crippen LogP contribution in [-0.2, 0) is 10.0 Å². The van der Waals surface area contributed by atoms with Gasteiger partial charge in [0.1, 0.15) is 5.82 Å². The minimum atomic E-state index is -3.64. The monoisotopic (exact) mass is 448 g/mol. The van der Waals surface area contributed by atoms with Crippen molar-refractivity contribution in [1.29, 1.82) is 0 Å². The summed E-state index contributed by atoms with van der Waals surface area (Å²) in [6, 6.07) is 10.1. The van der Waals surface area contributed by atoms with E-state index in [0.29, 0.717) is 30.9 Å². The Balaban J connectivity index is 1.68. The van der Waals surface area contributed by atoms with Gasteiger partial charge in [0.15, 0.2) is 0 Å². The van der Waals surface area contributed by atoms with E-state index in [0.717, 1.165) is 18.5 Å². The van der Waals surface area contributed by atoms with Crippen molar-refractivity contribution in [1.82, 2.24) is 14.5 Å². The van der Waals surface area contributed by atoms with Gasteiger partial charge >= 0.3 is 6.03 Å². The molecule has 1 aliphatic heterocycles. The zero-order chi connectivity index (χ0) is 22.6. The second-order valence-electron chi connectivity index (χ2n) is 7.92. The van der Waals surface area contributed by atoms with Gasteiger partial charge in [-0.1, -0.05) is 18.2 Å². The summed E-state index contributed by atoms with van der Waals surface area (Å²) in [5, 5.41) is 5.48. The first-order valence-corrected chi connectivity index (χ1v) is 11.7. The minimum Gasteiger partial charge on any atom is -0.331 e. The molecule has 2 N–H and O–H groups in total. The maximum Gasteiger partial charge on any atom is 0.319 e. The molecular weight excluding hydrogens is 419 g/mol. The number of nitrogens with one attached hydrogen (secondary N) is 2. The first-order valence-electron chi connectivity index (χ1n) is 10.3. The van der Waals surface area contributed by atoms with Crippen LogP contribution in [0.4, 0.5) is 14.9 Å². The number of carbonyl (C=O) groups excluding carboxylic acids is 1. The Morgan fingerprint density at radius 3 is 2.61 bits per heavy atom. The van der Waals surface area contributed by atoms with Crippen molar-refractivity contribution >= 4 is 21.7 Å². The van der Waals surface area contributed by atoms with Crippen molar-refractivity contribution in [3.8, 4) is 0 Å². The van der Waals surface area contributed by atoms with Gasteiger partial charge in [0.25, 0.3) is 0 Å². The van der Waals surface area contributed by atoms with E-state index >= 15 is 0 Å². The summed E-state index contributed by atoms with van der Waals surface area (Å²) in [5.74, 6) is -0.297. The van der Waals surface area contributed by atoms with Gasteiger partial charge in [-0.3, -0.25) is 0 Å². The van der Waals surface area contributed by atoms with Crippen LogP contribution in [0.2, 0.25) is 0 Å². The Bertz CT molecular complexity index is 1040. The van der Waals surface area contributed by atoms with E-state index in [1.54, 1.807) is 38.1 Å². The lowest BCUT2D eigenvalue weighted by atomic mass is 10.1. The van der Waals surface area contributed by atoms with Gasteiger partial charge in [-0.2, -0.15) is 4.31 Å². The molecular formula is C22H29FN4O3S. The van der Waals surface area contributed by atoms with E-state index in [4.69, 9.17) is 0 Å². The molecule has 1 fully saturated rings. The maximum absolute atomic E-state index is 13.5. The third-order valence-electron chi connectivity index (χ3n) is 5.44. The van der Waals surface area contributed by atoms with Gasteiger partial charge in [0.2, 0.25) is 10.0 Å². The summed E-state index contributed by atoms with van der Waals surface area (Å²) in [5.41, 5.74) is 1.66. The number of hydrogen-bond acceptors (Lipinski definition) is 4. The number of anilines is 1. The largest absolute Gasteiger partial charge is 0.331 e. The van der Waals surface area contributed by atoms with E-state index in [1.165, 1.54) is 22.5 Å². The first-order chi connectivity index (χ1) is 14.7. The topological polar surface area (TPSA) is 81.8 Å². The highest BCUT2D eigenvalue weighted by Crippen LogP contribution is 2.21. The fourth-order valence-electron chi connectivity index (χ4n) is 3.53. The molecule has 1 saturated heterocycles. The zero-order valence-corrected chi connectivity index (χ0v) is 18.9. The molecule has 0 spiro atoms. The van der Waals surface area contributed by atoms with Crippen molar-refractivity contribution in [3.05, 3.63) is 59.4 Å². The highest BCUT2D eigenvalue weighted by atomic mass is 32.2.